The number of pyridine rings is 1. The van der Waals surface area contributed by atoms with Crippen LogP contribution in [0.5, 0.6) is 5.75 Å². The highest BCUT2D eigenvalue weighted by atomic mass is 32.2. The van der Waals surface area contributed by atoms with Crippen LogP contribution in [0.15, 0.2) is 23.4 Å². The molecule has 0 unspecified atom stereocenters. The number of ether oxygens (including phenoxy) is 2. The monoisotopic (exact) mass is 225 g/mol. The first-order valence-electron chi connectivity index (χ1n) is 5.13. The van der Waals surface area contributed by atoms with Gasteiger partial charge in [0.15, 0.2) is 0 Å². The second kappa shape index (κ2) is 5.37. The molecule has 2 rings (SSSR count). The number of hydrogen-bond acceptors (Lipinski definition) is 4. The Hall–Kier alpha value is -0.740. The molecule has 1 aliphatic rings. The highest BCUT2D eigenvalue weighted by Gasteiger charge is 2.15. The summed E-state index contributed by atoms with van der Waals surface area (Å²) >= 11 is 1.75. The van der Waals surface area contributed by atoms with E-state index in [1.165, 1.54) is 12.8 Å². The molecule has 15 heavy (non-hydrogen) atoms. The van der Waals surface area contributed by atoms with Crippen molar-refractivity contribution in [2.75, 3.05) is 19.5 Å². The largest absolute Gasteiger partial charge is 0.495 e. The molecule has 3 nitrogen and oxygen atoms in total. The standard InChI is InChI=1S/C11H15NO2S/c1-13-9-4-5-11(12-7-9)15-8-10-3-2-6-14-10/h4-5,7,10H,2-3,6,8H2,1H3/t10-/m0/s1. The van der Waals surface area contributed by atoms with Gasteiger partial charge in [-0.15, -0.1) is 11.8 Å². The van der Waals surface area contributed by atoms with Crippen LogP contribution in [0.4, 0.5) is 0 Å². The average molecular weight is 225 g/mol. The smallest absolute Gasteiger partial charge is 0.137 e. The van der Waals surface area contributed by atoms with Crippen LogP contribution in [0.3, 0.4) is 0 Å². The fourth-order valence-corrected chi connectivity index (χ4v) is 2.44. The molecule has 0 saturated carbocycles. The van der Waals surface area contributed by atoms with E-state index in [1.807, 2.05) is 12.1 Å². The van der Waals surface area contributed by atoms with Gasteiger partial charge in [0.25, 0.3) is 0 Å². The summed E-state index contributed by atoms with van der Waals surface area (Å²) in [7, 11) is 1.65. The fraction of sp³-hybridized carbons (Fsp3) is 0.545. The minimum atomic E-state index is 0.416. The molecule has 0 aromatic carbocycles. The van der Waals surface area contributed by atoms with E-state index >= 15 is 0 Å². The lowest BCUT2D eigenvalue weighted by molar-refractivity contribution is 0.129. The number of nitrogens with zero attached hydrogens (tertiary/aromatic N) is 1. The van der Waals surface area contributed by atoms with Gasteiger partial charge in [-0.3, -0.25) is 0 Å². The topological polar surface area (TPSA) is 31.4 Å². The molecule has 2 heterocycles. The van der Waals surface area contributed by atoms with Crippen LogP contribution in [0.2, 0.25) is 0 Å². The van der Waals surface area contributed by atoms with Crippen molar-refractivity contribution in [1.29, 1.82) is 0 Å². The molecule has 1 aromatic rings. The van der Waals surface area contributed by atoms with Crippen molar-refractivity contribution >= 4 is 11.8 Å². The van der Waals surface area contributed by atoms with Crippen molar-refractivity contribution in [3.8, 4) is 5.75 Å². The molecule has 0 spiro atoms. The van der Waals surface area contributed by atoms with Crippen LogP contribution in [0, 0.1) is 0 Å². The van der Waals surface area contributed by atoms with Gasteiger partial charge >= 0.3 is 0 Å². The van der Waals surface area contributed by atoms with Crippen molar-refractivity contribution in [2.45, 2.75) is 24.0 Å². The molecule has 1 atom stereocenters. The summed E-state index contributed by atoms with van der Waals surface area (Å²) in [6.07, 6.45) is 4.54. The van der Waals surface area contributed by atoms with Gasteiger partial charge in [0, 0.05) is 12.4 Å². The maximum absolute atomic E-state index is 5.55. The second-order valence-corrected chi connectivity index (χ2v) is 4.52. The van der Waals surface area contributed by atoms with Crippen LogP contribution < -0.4 is 4.74 Å². The zero-order valence-corrected chi connectivity index (χ0v) is 9.63. The third-order valence-electron chi connectivity index (χ3n) is 2.39. The van der Waals surface area contributed by atoms with E-state index in [9.17, 15) is 0 Å². The van der Waals surface area contributed by atoms with Crippen molar-refractivity contribution in [3.63, 3.8) is 0 Å². The van der Waals surface area contributed by atoms with Crippen LogP contribution in [0.25, 0.3) is 0 Å². The van der Waals surface area contributed by atoms with Gasteiger partial charge in [0.05, 0.1) is 24.4 Å². The molecule has 4 heteroatoms. The van der Waals surface area contributed by atoms with Crippen molar-refractivity contribution in [2.24, 2.45) is 0 Å². The number of methoxy groups -OCH3 is 1. The van der Waals surface area contributed by atoms with E-state index in [1.54, 1.807) is 25.1 Å². The van der Waals surface area contributed by atoms with Gasteiger partial charge in [-0.2, -0.15) is 0 Å². The van der Waals surface area contributed by atoms with Crippen molar-refractivity contribution < 1.29 is 9.47 Å². The summed E-state index contributed by atoms with van der Waals surface area (Å²) in [6.45, 7) is 0.918. The zero-order valence-electron chi connectivity index (χ0n) is 8.81. The lowest BCUT2D eigenvalue weighted by Crippen LogP contribution is -2.07. The molecule has 1 saturated heterocycles. The molecule has 82 valence electrons. The molecular weight excluding hydrogens is 210 g/mol. The van der Waals surface area contributed by atoms with Gasteiger partial charge in [0.1, 0.15) is 5.75 Å². The van der Waals surface area contributed by atoms with E-state index in [-0.39, 0.29) is 0 Å². The Balaban J connectivity index is 1.82. The van der Waals surface area contributed by atoms with Crippen LogP contribution in [-0.4, -0.2) is 30.6 Å². The summed E-state index contributed by atoms with van der Waals surface area (Å²) in [4.78, 5) is 4.29. The predicted octanol–water partition coefficient (Wildman–Crippen LogP) is 2.36. The first kappa shape index (κ1) is 10.8. The van der Waals surface area contributed by atoms with Gasteiger partial charge < -0.3 is 9.47 Å². The number of hydrogen-bond donors (Lipinski definition) is 0. The molecule has 1 fully saturated rings. The maximum atomic E-state index is 5.55. The quantitative estimate of drug-likeness (QED) is 0.736. The van der Waals surface area contributed by atoms with Crippen molar-refractivity contribution in [3.05, 3.63) is 18.3 Å². The molecule has 0 aliphatic carbocycles. The first-order chi connectivity index (χ1) is 7.38. The molecule has 0 amide bonds. The lowest BCUT2D eigenvalue weighted by Gasteiger charge is -2.08. The van der Waals surface area contributed by atoms with Gasteiger partial charge in [-0.05, 0) is 25.0 Å². The Bertz CT molecular complexity index is 296. The summed E-state index contributed by atoms with van der Waals surface area (Å²) < 4.78 is 10.6. The molecule has 1 aliphatic heterocycles. The van der Waals surface area contributed by atoms with Crippen LogP contribution >= 0.6 is 11.8 Å². The lowest BCUT2D eigenvalue weighted by atomic mass is 10.3. The Morgan fingerprint density at radius 2 is 2.53 bits per heavy atom. The Morgan fingerprint density at radius 1 is 1.60 bits per heavy atom. The Labute approximate surface area is 94.2 Å². The Kier molecular flexibility index (Phi) is 3.86. The van der Waals surface area contributed by atoms with Crippen LogP contribution in [-0.2, 0) is 4.74 Å². The summed E-state index contributed by atoms with van der Waals surface area (Å²) in [5.41, 5.74) is 0. The third kappa shape index (κ3) is 3.11. The predicted molar refractivity (Wildman–Crippen MR) is 60.5 cm³/mol. The van der Waals surface area contributed by atoms with Crippen LogP contribution in [0.1, 0.15) is 12.8 Å². The molecular formula is C11H15NO2S. The van der Waals surface area contributed by atoms with E-state index in [0.717, 1.165) is 23.1 Å². The summed E-state index contributed by atoms with van der Waals surface area (Å²) in [6, 6.07) is 3.92. The number of aromatic nitrogens is 1. The Morgan fingerprint density at radius 3 is 3.13 bits per heavy atom. The SMILES string of the molecule is COc1ccc(SC[C@@H]2CCCO2)nc1. The van der Waals surface area contributed by atoms with Crippen molar-refractivity contribution in [1.82, 2.24) is 4.98 Å². The molecule has 0 bridgehead atoms. The minimum absolute atomic E-state index is 0.416. The van der Waals surface area contributed by atoms with Gasteiger partial charge in [0.2, 0.25) is 0 Å². The van der Waals surface area contributed by atoms with Gasteiger partial charge in [-0.1, -0.05) is 0 Å². The third-order valence-corrected chi connectivity index (χ3v) is 3.46. The number of thioether (sulfide) groups is 1. The van der Waals surface area contributed by atoms with E-state index in [0.29, 0.717) is 6.10 Å². The number of rotatable bonds is 4. The highest BCUT2D eigenvalue weighted by molar-refractivity contribution is 7.99. The van der Waals surface area contributed by atoms with E-state index in [4.69, 9.17) is 9.47 Å². The highest BCUT2D eigenvalue weighted by Crippen LogP contribution is 2.23. The van der Waals surface area contributed by atoms with Gasteiger partial charge in [-0.25, -0.2) is 4.98 Å². The molecule has 0 N–H and O–H groups in total. The minimum Gasteiger partial charge on any atom is -0.495 e. The molecule has 1 aromatic heterocycles. The summed E-state index contributed by atoms with van der Waals surface area (Å²) in [5.74, 6) is 1.80. The maximum Gasteiger partial charge on any atom is 0.137 e. The molecule has 0 radical (unpaired) electrons. The first-order valence-corrected chi connectivity index (χ1v) is 6.11. The average Bonchev–Trinajstić information content (AvgIpc) is 2.80. The van der Waals surface area contributed by atoms with E-state index < -0.39 is 0 Å². The second-order valence-electron chi connectivity index (χ2n) is 3.48. The summed E-state index contributed by atoms with van der Waals surface area (Å²) in [5, 5.41) is 1.03. The zero-order chi connectivity index (χ0) is 10.5. The fourth-order valence-electron chi connectivity index (χ4n) is 1.53. The normalized spacial score (nSPS) is 20.5. The van der Waals surface area contributed by atoms with E-state index in [2.05, 4.69) is 4.98 Å².